The van der Waals surface area contributed by atoms with Gasteiger partial charge in [0.2, 0.25) is 5.76 Å². The summed E-state index contributed by atoms with van der Waals surface area (Å²) in [6.07, 6.45) is 3.20. The van der Waals surface area contributed by atoms with E-state index in [9.17, 15) is 14.4 Å². The van der Waals surface area contributed by atoms with Crippen LogP contribution in [0.25, 0.3) is 6.08 Å². The van der Waals surface area contributed by atoms with Gasteiger partial charge in [-0.3, -0.25) is 9.69 Å². The van der Waals surface area contributed by atoms with Crippen molar-refractivity contribution < 1.29 is 28.3 Å². The first-order chi connectivity index (χ1) is 13.9. The molecule has 0 bridgehead atoms. The average molecular weight is 461 g/mol. The van der Waals surface area contributed by atoms with Gasteiger partial charge >= 0.3 is 12.0 Å². The molecule has 9 heteroatoms. The van der Waals surface area contributed by atoms with Crippen LogP contribution in [0.3, 0.4) is 0 Å². The molecule has 2 heterocycles. The SMILES string of the molecule is C=CCOc1ccc(C=C2NC(=O)N(Cc3ccc(C(=O)OC)o3)C2=O)cc1Br. The van der Waals surface area contributed by atoms with Gasteiger partial charge in [0.25, 0.3) is 5.91 Å². The lowest BCUT2D eigenvalue weighted by Gasteiger charge is -2.09. The van der Waals surface area contributed by atoms with Crippen molar-refractivity contribution in [1.29, 1.82) is 0 Å². The van der Waals surface area contributed by atoms with E-state index in [-0.39, 0.29) is 23.8 Å². The first-order valence-corrected chi connectivity index (χ1v) is 9.27. The van der Waals surface area contributed by atoms with E-state index in [0.717, 1.165) is 4.90 Å². The molecule has 0 atom stereocenters. The van der Waals surface area contributed by atoms with Crippen LogP contribution in [0.5, 0.6) is 5.75 Å². The zero-order chi connectivity index (χ0) is 21.0. The first-order valence-electron chi connectivity index (χ1n) is 8.47. The third-order valence-corrected chi connectivity index (χ3v) is 4.57. The summed E-state index contributed by atoms with van der Waals surface area (Å²) in [5.74, 6) is -0.237. The molecule has 0 unspecified atom stereocenters. The summed E-state index contributed by atoms with van der Waals surface area (Å²) in [4.78, 5) is 37.3. The summed E-state index contributed by atoms with van der Waals surface area (Å²) in [6.45, 7) is 3.85. The summed E-state index contributed by atoms with van der Waals surface area (Å²) in [7, 11) is 1.23. The lowest BCUT2D eigenvalue weighted by molar-refractivity contribution is -0.123. The largest absolute Gasteiger partial charge is 0.488 e. The summed E-state index contributed by atoms with van der Waals surface area (Å²) in [6, 6.07) is 7.62. The smallest absolute Gasteiger partial charge is 0.373 e. The summed E-state index contributed by atoms with van der Waals surface area (Å²) < 4.78 is 16.1. The van der Waals surface area contributed by atoms with E-state index in [2.05, 4.69) is 32.6 Å². The molecule has 3 amide bonds. The number of urea groups is 1. The van der Waals surface area contributed by atoms with Gasteiger partial charge in [-0.2, -0.15) is 0 Å². The number of ether oxygens (including phenoxy) is 2. The number of carbonyl (C=O) groups excluding carboxylic acids is 3. The number of furan rings is 1. The lowest BCUT2D eigenvalue weighted by Crippen LogP contribution is -2.30. The van der Waals surface area contributed by atoms with Gasteiger partial charge < -0.3 is 19.2 Å². The third kappa shape index (κ3) is 4.57. The van der Waals surface area contributed by atoms with Crippen LogP contribution in [-0.4, -0.2) is 36.5 Å². The van der Waals surface area contributed by atoms with Gasteiger partial charge in [-0.05, 0) is 51.8 Å². The van der Waals surface area contributed by atoms with Crippen LogP contribution in [0.1, 0.15) is 21.9 Å². The van der Waals surface area contributed by atoms with Crippen molar-refractivity contribution in [1.82, 2.24) is 10.2 Å². The number of imide groups is 1. The highest BCUT2D eigenvalue weighted by molar-refractivity contribution is 9.10. The Hall–Kier alpha value is -3.33. The maximum absolute atomic E-state index is 12.6. The molecule has 2 aromatic rings. The van der Waals surface area contributed by atoms with Crippen LogP contribution < -0.4 is 10.1 Å². The van der Waals surface area contributed by atoms with Crippen molar-refractivity contribution >= 4 is 39.9 Å². The van der Waals surface area contributed by atoms with Crippen LogP contribution >= 0.6 is 15.9 Å². The maximum Gasteiger partial charge on any atom is 0.373 e. The van der Waals surface area contributed by atoms with Crippen LogP contribution in [-0.2, 0) is 16.1 Å². The van der Waals surface area contributed by atoms with Crippen molar-refractivity contribution in [2.24, 2.45) is 0 Å². The third-order valence-electron chi connectivity index (χ3n) is 3.95. The summed E-state index contributed by atoms with van der Waals surface area (Å²) >= 11 is 3.41. The number of hydrogen-bond acceptors (Lipinski definition) is 6. The highest BCUT2D eigenvalue weighted by Gasteiger charge is 2.34. The van der Waals surface area contributed by atoms with Gasteiger partial charge in [0.05, 0.1) is 18.1 Å². The Balaban J connectivity index is 1.74. The highest BCUT2D eigenvalue weighted by atomic mass is 79.9. The summed E-state index contributed by atoms with van der Waals surface area (Å²) in [5.41, 5.74) is 0.820. The zero-order valence-electron chi connectivity index (χ0n) is 15.4. The Morgan fingerprint density at radius 3 is 2.79 bits per heavy atom. The number of methoxy groups -OCH3 is 1. The Labute approximate surface area is 174 Å². The number of rotatable bonds is 7. The molecule has 1 aliphatic rings. The monoisotopic (exact) mass is 460 g/mol. The Kier molecular flexibility index (Phi) is 6.18. The fourth-order valence-corrected chi connectivity index (χ4v) is 3.09. The van der Waals surface area contributed by atoms with Crippen LogP contribution in [0.4, 0.5) is 4.79 Å². The minimum atomic E-state index is -0.639. The van der Waals surface area contributed by atoms with E-state index in [4.69, 9.17) is 9.15 Å². The fraction of sp³-hybridized carbons (Fsp3) is 0.150. The molecule has 1 aliphatic heterocycles. The van der Waals surface area contributed by atoms with Crippen LogP contribution in [0.2, 0.25) is 0 Å². The Morgan fingerprint density at radius 2 is 2.10 bits per heavy atom. The van der Waals surface area contributed by atoms with E-state index in [1.54, 1.807) is 30.4 Å². The predicted molar refractivity (Wildman–Crippen MR) is 107 cm³/mol. The number of benzene rings is 1. The molecule has 0 spiro atoms. The number of halogens is 1. The second-order valence-electron chi connectivity index (χ2n) is 5.93. The normalized spacial score (nSPS) is 14.8. The van der Waals surface area contributed by atoms with E-state index < -0.39 is 17.9 Å². The quantitative estimate of drug-likeness (QED) is 0.294. The number of nitrogens with one attached hydrogen (secondary N) is 1. The van der Waals surface area contributed by atoms with Crippen molar-refractivity contribution in [3.8, 4) is 5.75 Å². The number of esters is 1. The van der Waals surface area contributed by atoms with Crippen molar-refractivity contribution in [3.05, 3.63) is 70.2 Å². The second-order valence-corrected chi connectivity index (χ2v) is 6.78. The highest BCUT2D eigenvalue weighted by Crippen LogP contribution is 2.27. The molecule has 1 fully saturated rings. The van der Waals surface area contributed by atoms with E-state index in [1.807, 2.05) is 0 Å². The molecule has 1 aromatic heterocycles. The van der Waals surface area contributed by atoms with Gasteiger partial charge in [0, 0.05) is 0 Å². The van der Waals surface area contributed by atoms with Gasteiger partial charge in [-0.1, -0.05) is 18.7 Å². The molecule has 0 aliphatic carbocycles. The zero-order valence-corrected chi connectivity index (χ0v) is 17.0. The molecule has 8 nitrogen and oxygen atoms in total. The predicted octanol–water partition coefficient (Wildman–Crippen LogP) is 3.49. The van der Waals surface area contributed by atoms with Crippen LogP contribution in [0.15, 0.2) is 57.6 Å². The van der Waals surface area contributed by atoms with Gasteiger partial charge in [-0.25, -0.2) is 9.59 Å². The lowest BCUT2D eigenvalue weighted by atomic mass is 10.2. The molecule has 0 saturated carbocycles. The van der Waals surface area contributed by atoms with E-state index in [1.165, 1.54) is 19.2 Å². The number of amides is 3. The Bertz CT molecular complexity index is 1010. The molecule has 1 saturated heterocycles. The maximum atomic E-state index is 12.6. The minimum absolute atomic E-state index is 0.00562. The van der Waals surface area contributed by atoms with E-state index >= 15 is 0 Å². The number of hydrogen-bond donors (Lipinski definition) is 1. The molecule has 0 radical (unpaired) electrons. The first kappa shape index (κ1) is 20.4. The van der Waals surface area contributed by atoms with Crippen molar-refractivity contribution in [2.75, 3.05) is 13.7 Å². The molecule has 1 N–H and O–H groups in total. The second kappa shape index (κ2) is 8.78. The molecular weight excluding hydrogens is 444 g/mol. The Morgan fingerprint density at radius 1 is 1.31 bits per heavy atom. The molecule has 1 aromatic carbocycles. The molecular formula is C20H17BrN2O6. The summed E-state index contributed by atoms with van der Waals surface area (Å²) in [5, 5.41) is 2.54. The van der Waals surface area contributed by atoms with Crippen LogP contribution in [0, 0.1) is 0 Å². The topological polar surface area (TPSA) is 98.1 Å². The van der Waals surface area contributed by atoms with Gasteiger partial charge in [0.15, 0.2) is 0 Å². The molecule has 3 rings (SSSR count). The molecule has 29 heavy (non-hydrogen) atoms. The van der Waals surface area contributed by atoms with Gasteiger partial charge in [-0.15, -0.1) is 0 Å². The minimum Gasteiger partial charge on any atom is -0.488 e. The van der Waals surface area contributed by atoms with Crippen molar-refractivity contribution in [2.45, 2.75) is 6.54 Å². The average Bonchev–Trinajstić information content (AvgIpc) is 3.27. The van der Waals surface area contributed by atoms with E-state index in [0.29, 0.717) is 22.4 Å². The fourth-order valence-electron chi connectivity index (χ4n) is 2.58. The van der Waals surface area contributed by atoms with Gasteiger partial charge in [0.1, 0.15) is 23.8 Å². The number of carbonyl (C=O) groups is 3. The number of nitrogens with zero attached hydrogens (tertiary/aromatic N) is 1. The standard InChI is InChI=1S/C20H17BrN2O6/c1-3-8-28-16-6-4-12(9-14(16)21)10-15-18(24)23(20(26)22-15)11-13-5-7-17(29-13)19(25)27-2/h3-7,9-10H,1,8,11H2,2H3,(H,22,26). The molecule has 150 valence electrons. The van der Waals surface area contributed by atoms with Crippen molar-refractivity contribution in [3.63, 3.8) is 0 Å².